The molecule has 0 bridgehead atoms. The van der Waals surface area contributed by atoms with Gasteiger partial charge in [0.25, 0.3) is 0 Å². The SMILES string of the molecule is CC/C(C)=C(\Cl)C(=NC)C(=O)C1CC1. The van der Waals surface area contributed by atoms with Crippen molar-refractivity contribution in [3.63, 3.8) is 0 Å². The minimum absolute atomic E-state index is 0.116. The maximum Gasteiger partial charge on any atom is 0.185 e. The van der Waals surface area contributed by atoms with Crippen LogP contribution in [0, 0.1) is 5.92 Å². The number of nitrogens with zero attached hydrogens (tertiary/aromatic N) is 1. The van der Waals surface area contributed by atoms with Crippen molar-refractivity contribution in [2.45, 2.75) is 33.1 Å². The van der Waals surface area contributed by atoms with Crippen molar-refractivity contribution in [3.05, 3.63) is 10.6 Å². The van der Waals surface area contributed by atoms with Crippen LogP contribution in [-0.4, -0.2) is 18.5 Å². The highest BCUT2D eigenvalue weighted by Gasteiger charge is 2.33. The maximum atomic E-state index is 11.7. The molecule has 2 nitrogen and oxygen atoms in total. The zero-order chi connectivity index (χ0) is 10.7. The number of halogens is 1. The molecule has 0 unspecified atom stereocenters. The van der Waals surface area contributed by atoms with Gasteiger partial charge in [0.1, 0.15) is 5.71 Å². The molecule has 0 radical (unpaired) electrons. The molecular formula is C11H16ClNO. The Bertz CT molecular complexity index is 300. The summed E-state index contributed by atoms with van der Waals surface area (Å²) in [5.41, 5.74) is 1.50. The molecule has 1 aliphatic carbocycles. The van der Waals surface area contributed by atoms with E-state index in [2.05, 4.69) is 4.99 Å². The largest absolute Gasteiger partial charge is 0.292 e. The van der Waals surface area contributed by atoms with E-state index < -0.39 is 0 Å². The van der Waals surface area contributed by atoms with Crippen LogP contribution in [-0.2, 0) is 4.79 Å². The second kappa shape index (κ2) is 4.74. The summed E-state index contributed by atoms with van der Waals surface area (Å²) >= 11 is 6.09. The van der Waals surface area contributed by atoms with E-state index in [1.54, 1.807) is 7.05 Å². The van der Waals surface area contributed by atoms with E-state index in [0.29, 0.717) is 10.7 Å². The quantitative estimate of drug-likeness (QED) is 0.661. The van der Waals surface area contributed by atoms with Crippen LogP contribution in [0.1, 0.15) is 33.1 Å². The molecule has 0 heterocycles. The fourth-order valence-corrected chi connectivity index (χ4v) is 1.52. The second-order valence-corrected chi connectivity index (χ2v) is 4.04. The van der Waals surface area contributed by atoms with Crippen molar-refractivity contribution >= 4 is 23.1 Å². The van der Waals surface area contributed by atoms with Gasteiger partial charge in [-0.05, 0) is 26.2 Å². The smallest absolute Gasteiger partial charge is 0.185 e. The van der Waals surface area contributed by atoms with E-state index in [1.165, 1.54) is 0 Å². The van der Waals surface area contributed by atoms with E-state index >= 15 is 0 Å². The van der Waals surface area contributed by atoms with Gasteiger partial charge in [0.05, 0.1) is 5.03 Å². The third kappa shape index (κ3) is 2.44. The van der Waals surface area contributed by atoms with Gasteiger partial charge in [-0.15, -0.1) is 0 Å². The molecule has 0 N–H and O–H groups in total. The Labute approximate surface area is 90.1 Å². The van der Waals surface area contributed by atoms with Crippen LogP contribution in [0.15, 0.2) is 15.6 Å². The van der Waals surface area contributed by atoms with Crippen molar-refractivity contribution in [2.24, 2.45) is 10.9 Å². The number of ketones is 1. The molecule has 0 saturated heterocycles. The van der Waals surface area contributed by atoms with Gasteiger partial charge in [0.15, 0.2) is 5.78 Å². The molecule has 0 aliphatic heterocycles. The van der Waals surface area contributed by atoms with Crippen LogP contribution in [0.2, 0.25) is 0 Å². The molecule has 0 spiro atoms. The van der Waals surface area contributed by atoms with E-state index in [-0.39, 0.29) is 11.7 Å². The lowest BCUT2D eigenvalue weighted by molar-refractivity contribution is -0.113. The van der Waals surface area contributed by atoms with Crippen LogP contribution < -0.4 is 0 Å². The zero-order valence-electron chi connectivity index (χ0n) is 8.93. The highest BCUT2D eigenvalue weighted by molar-refractivity contribution is 6.60. The number of carbonyl (C=O) groups excluding carboxylic acids is 1. The highest BCUT2D eigenvalue weighted by Crippen LogP contribution is 2.32. The Morgan fingerprint density at radius 1 is 1.50 bits per heavy atom. The summed E-state index contributed by atoms with van der Waals surface area (Å²) < 4.78 is 0. The van der Waals surface area contributed by atoms with Gasteiger partial charge in [-0.25, -0.2) is 0 Å². The first-order valence-corrected chi connectivity index (χ1v) is 5.36. The minimum atomic E-state index is 0.116. The lowest BCUT2D eigenvalue weighted by Gasteiger charge is -2.05. The second-order valence-electron chi connectivity index (χ2n) is 3.66. The van der Waals surface area contributed by atoms with Crippen molar-refractivity contribution in [3.8, 4) is 0 Å². The average Bonchev–Trinajstić information content (AvgIpc) is 3.00. The Balaban J connectivity index is 2.86. The number of hydrogen-bond donors (Lipinski definition) is 0. The lowest BCUT2D eigenvalue weighted by atomic mass is 10.1. The molecule has 3 heteroatoms. The van der Waals surface area contributed by atoms with Gasteiger partial charge in [-0.2, -0.15) is 0 Å². The third-order valence-corrected chi connectivity index (χ3v) is 3.02. The molecule has 1 fully saturated rings. The fraction of sp³-hybridized carbons (Fsp3) is 0.636. The maximum absolute atomic E-state index is 11.7. The molecule has 78 valence electrons. The molecule has 0 amide bonds. The Morgan fingerprint density at radius 3 is 2.43 bits per heavy atom. The highest BCUT2D eigenvalue weighted by atomic mass is 35.5. The monoisotopic (exact) mass is 213 g/mol. The Morgan fingerprint density at radius 2 is 2.07 bits per heavy atom. The van der Waals surface area contributed by atoms with Gasteiger partial charge in [-0.3, -0.25) is 9.79 Å². The van der Waals surface area contributed by atoms with E-state index in [0.717, 1.165) is 24.8 Å². The molecule has 1 aliphatic rings. The van der Waals surface area contributed by atoms with E-state index in [9.17, 15) is 4.79 Å². The zero-order valence-corrected chi connectivity index (χ0v) is 9.69. The number of carbonyl (C=O) groups is 1. The number of Topliss-reactive ketones (excluding diaryl/α,β-unsaturated/α-hetero) is 1. The first-order chi connectivity index (χ1) is 6.61. The van der Waals surface area contributed by atoms with Crippen LogP contribution in [0.3, 0.4) is 0 Å². The average molecular weight is 214 g/mol. The third-order valence-electron chi connectivity index (χ3n) is 2.52. The molecule has 0 aromatic heterocycles. The van der Waals surface area contributed by atoms with Crippen molar-refractivity contribution in [1.82, 2.24) is 0 Å². The first kappa shape index (κ1) is 11.4. The summed E-state index contributed by atoms with van der Waals surface area (Å²) in [6, 6.07) is 0. The molecule has 14 heavy (non-hydrogen) atoms. The van der Waals surface area contributed by atoms with Crippen molar-refractivity contribution in [1.29, 1.82) is 0 Å². The molecule has 0 aromatic rings. The van der Waals surface area contributed by atoms with Crippen molar-refractivity contribution in [2.75, 3.05) is 7.05 Å². The fourth-order valence-electron chi connectivity index (χ4n) is 1.21. The predicted octanol–water partition coefficient (Wildman–Crippen LogP) is 2.96. The van der Waals surface area contributed by atoms with Gasteiger partial charge in [0, 0.05) is 13.0 Å². The summed E-state index contributed by atoms with van der Waals surface area (Å²) in [6.45, 7) is 3.96. The predicted molar refractivity (Wildman–Crippen MR) is 59.9 cm³/mol. The topological polar surface area (TPSA) is 29.4 Å². The van der Waals surface area contributed by atoms with Gasteiger partial charge < -0.3 is 0 Å². The lowest BCUT2D eigenvalue weighted by Crippen LogP contribution is -2.17. The van der Waals surface area contributed by atoms with Crippen LogP contribution in [0.25, 0.3) is 0 Å². The number of hydrogen-bond acceptors (Lipinski definition) is 2. The summed E-state index contributed by atoms with van der Waals surface area (Å²) in [6.07, 6.45) is 2.84. The number of rotatable bonds is 4. The summed E-state index contributed by atoms with van der Waals surface area (Å²) in [7, 11) is 1.63. The van der Waals surface area contributed by atoms with Crippen LogP contribution >= 0.6 is 11.6 Å². The molecule has 1 saturated carbocycles. The molecule has 0 atom stereocenters. The van der Waals surface area contributed by atoms with Crippen LogP contribution in [0.5, 0.6) is 0 Å². The molecule has 1 rings (SSSR count). The first-order valence-electron chi connectivity index (χ1n) is 4.98. The van der Waals surface area contributed by atoms with E-state index in [1.807, 2.05) is 13.8 Å². The summed E-state index contributed by atoms with van der Waals surface area (Å²) in [5, 5.41) is 0.548. The Kier molecular flexibility index (Phi) is 3.87. The Hall–Kier alpha value is -0.630. The van der Waals surface area contributed by atoms with E-state index in [4.69, 9.17) is 11.6 Å². The molecular weight excluding hydrogens is 198 g/mol. The van der Waals surface area contributed by atoms with Gasteiger partial charge in [0.2, 0.25) is 0 Å². The summed E-state index contributed by atoms with van der Waals surface area (Å²) in [5.74, 6) is 0.303. The van der Waals surface area contributed by atoms with Gasteiger partial charge in [-0.1, -0.05) is 24.1 Å². The van der Waals surface area contributed by atoms with Crippen molar-refractivity contribution < 1.29 is 4.79 Å². The summed E-state index contributed by atoms with van der Waals surface area (Å²) in [4.78, 5) is 15.7. The molecule has 0 aromatic carbocycles. The number of allylic oxidation sites excluding steroid dienone is 2. The van der Waals surface area contributed by atoms with Crippen LogP contribution in [0.4, 0.5) is 0 Å². The van der Waals surface area contributed by atoms with Gasteiger partial charge >= 0.3 is 0 Å². The number of aliphatic imine (C=N–C) groups is 1. The minimum Gasteiger partial charge on any atom is -0.292 e. The standard InChI is InChI=1S/C11H16ClNO/c1-4-7(2)9(12)10(13-3)11(14)8-5-6-8/h8H,4-6H2,1-3H3/b9-7-,13-10?. The normalized spacial score (nSPS) is 19.3.